The summed E-state index contributed by atoms with van der Waals surface area (Å²) in [5.41, 5.74) is 1.59. The molecule has 156 valence electrons. The first-order valence-electron chi connectivity index (χ1n) is 9.79. The number of amides is 2. The molecule has 0 aliphatic carbocycles. The van der Waals surface area contributed by atoms with E-state index in [1.807, 2.05) is 35.2 Å². The maximum Gasteiger partial charge on any atom is 0.270 e. The summed E-state index contributed by atoms with van der Waals surface area (Å²) in [6.07, 6.45) is 0. The zero-order valence-corrected chi connectivity index (χ0v) is 17.2. The van der Waals surface area contributed by atoms with Crippen molar-refractivity contribution in [3.8, 4) is 0 Å². The average molecular weight is 429 g/mol. The van der Waals surface area contributed by atoms with Crippen LogP contribution in [-0.4, -0.2) is 58.8 Å². The van der Waals surface area contributed by atoms with E-state index in [1.54, 1.807) is 11.8 Å². The van der Waals surface area contributed by atoms with Crippen molar-refractivity contribution in [2.24, 2.45) is 0 Å². The second-order valence-electron chi connectivity index (χ2n) is 7.39. The fourth-order valence-electron chi connectivity index (χ4n) is 3.67. The summed E-state index contributed by atoms with van der Waals surface area (Å²) < 4.78 is 13.9. The van der Waals surface area contributed by atoms with Gasteiger partial charge in [-0.05, 0) is 37.3 Å². The third kappa shape index (κ3) is 4.17. The number of aromatic amines is 1. The van der Waals surface area contributed by atoms with Gasteiger partial charge in [0.25, 0.3) is 5.91 Å². The van der Waals surface area contributed by atoms with E-state index in [0.29, 0.717) is 31.9 Å². The molecule has 2 N–H and O–H groups in total. The van der Waals surface area contributed by atoms with Crippen LogP contribution in [0.15, 0.2) is 48.5 Å². The number of hydrogen-bond donors (Lipinski definition) is 2. The van der Waals surface area contributed by atoms with Crippen LogP contribution < -0.4 is 5.32 Å². The van der Waals surface area contributed by atoms with Gasteiger partial charge >= 0.3 is 0 Å². The first-order chi connectivity index (χ1) is 14.4. The summed E-state index contributed by atoms with van der Waals surface area (Å²) in [6.45, 7) is 3.92. The molecule has 3 aromatic rings. The van der Waals surface area contributed by atoms with Crippen molar-refractivity contribution in [3.05, 3.63) is 65.1 Å². The van der Waals surface area contributed by atoms with E-state index in [-0.39, 0.29) is 22.5 Å². The van der Waals surface area contributed by atoms with E-state index >= 15 is 0 Å². The highest BCUT2D eigenvalue weighted by Crippen LogP contribution is 2.20. The largest absolute Gasteiger partial charge is 0.351 e. The molecule has 8 heteroatoms. The van der Waals surface area contributed by atoms with E-state index in [4.69, 9.17) is 11.6 Å². The van der Waals surface area contributed by atoms with Gasteiger partial charge in [-0.2, -0.15) is 0 Å². The van der Waals surface area contributed by atoms with Gasteiger partial charge in [0.2, 0.25) is 5.91 Å². The summed E-state index contributed by atoms with van der Waals surface area (Å²) in [4.78, 5) is 32.3. The molecule has 6 nitrogen and oxygen atoms in total. The molecule has 1 aliphatic heterocycles. The summed E-state index contributed by atoms with van der Waals surface area (Å²) in [5, 5.41) is 3.88. The number of benzene rings is 2. The van der Waals surface area contributed by atoms with Gasteiger partial charge in [-0.1, -0.05) is 29.8 Å². The first-order valence-corrected chi connectivity index (χ1v) is 10.2. The van der Waals surface area contributed by atoms with Crippen molar-refractivity contribution in [1.29, 1.82) is 0 Å². The van der Waals surface area contributed by atoms with Crippen LogP contribution in [0.25, 0.3) is 10.9 Å². The number of H-pyrrole nitrogens is 1. The number of hydrogen-bond acceptors (Lipinski definition) is 3. The highest BCUT2D eigenvalue weighted by molar-refractivity contribution is 6.30. The molecule has 1 fully saturated rings. The third-order valence-electron chi connectivity index (χ3n) is 5.48. The predicted octanol–water partition coefficient (Wildman–Crippen LogP) is 3.75. The molecule has 0 radical (unpaired) electrons. The number of carbonyl (C=O) groups excluding carboxylic acids is 2. The Morgan fingerprint density at radius 2 is 1.83 bits per heavy atom. The van der Waals surface area contributed by atoms with Gasteiger partial charge in [0, 0.05) is 42.1 Å². The zero-order chi connectivity index (χ0) is 21.3. The normalized spacial score (nSPS) is 15.9. The Balaban J connectivity index is 1.35. The van der Waals surface area contributed by atoms with Crippen LogP contribution in [0.5, 0.6) is 0 Å². The fourth-order valence-corrected chi connectivity index (χ4v) is 3.82. The maximum absolute atomic E-state index is 13.9. The molecule has 2 aromatic carbocycles. The maximum atomic E-state index is 13.9. The summed E-state index contributed by atoms with van der Waals surface area (Å²) >= 11 is 5.75. The molecule has 0 bridgehead atoms. The van der Waals surface area contributed by atoms with Crippen molar-refractivity contribution in [2.45, 2.75) is 13.0 Å². The van der Waals surface area contributed by atoms with Crippen molar-refractivity contribution >= 4 is 40.0 Å². The van der Waals surface area contributed by atoms with Gasteiger partial charge in [-0.3, -0.25) is 14.5 Å². The molecule has 4 rings (SSSR count). The van der Waals surface area contributed by atoms with Crippen LogP contribution in [0.3, 0.4) is 0 Å². The minimum atomic E-state index is -0.572. The van der Waals surface area contributed by atoms with Crippen molar-refractivity contribution in [1.82, 2.24) is 14.8 Å². The van der Waals surface area contributed by atoms with Gasteiger partial charge in [0.05, 0.1) is 11.7 Å². The molecule has 2 heterocycles. The lowest BCUT2D eigenvalue weighted by molar-refractivity contribution is -0.121. The van der Waals surface area contributed by atoms with Gasteiger partial charge in [-0.15, -0.1) is 0 Å². The molecule has 1 saturated heterocycles. The quantitative estimate of drug-likeness (QED) is 0.665. The van der Waals surface area contributed by atoms with Crippen LogP contribution in [0, 0.1) is 5.82 Å². The second-order valence-corrected chi connectivity index (χ2v) is 7.82. The second kappa shape index (κ2) is 8.45. The first kappa shape index (κ1) is 20.4. The van der Waals surface area contributed by atoms with Crippen LogP contribution in [0.2, 0.25) is 5.02 Å². The Morgan fingerprint density at radius 3 is 2.53 bits per heavy atom. The van der Waals surface area contributed by atoms with E-state index in [2.05, 4.69) is 10.3 Å². The van der Waals surface area contributed by atoms with Crippen molar-refractivity contribution in [3.63, 3.8) is 0 Å². The topological polar surface area (TPSA) is 68.4 Å². The minimum Gasteiger partial charge on any atom is -0.351 e. The number of halogens is 2. The van der Waals surface area contributed by atoms with E-state index < -0.39 is 11.9 Å². The molecular weight excluding hydrogens is 407 g/mol. The number of para-hydroxylation sites is 1. The molecule has 0 spiro atoms. The standard InChI is InChI=1S/C22H22ClFN4O2/c1-14(21(29)26-19-7-6-16(23)13-17(19)24)27-8-10-28(11-9-27)22(30)20-12-15-4-2-3-5-18(15)25-20/h2-7,12-14,25H,8-11H2,1H3,(H,26,29). The SMILES string of the molecule is CC(C(=O)Nc1ccc(Cl)cc1F)N1CCN(C(=O)c2cc3ccccc3[nH]2)CC1. The van der Waals surface area contributed by atoms with Gasteiger partial charge in [0.15, 0.2) is 0 Å². The smallest absolute Gasteiger partial charge is 0.270 e. The number of nitrogens with zero attached hydrogens (tertiary/aromatic N) is 2. The Bertz CT molecular complexity index is 1060. The van der Waals surface area contributed by atoms with Crippen LogP contribution >= 0.6 is 11.6 Å². The van der Waals surface area contributed by atoms with Gasteiger partial charge in [-0.25, -0.2) is 4.39 Å². The molecule has 2 amide bonds. The number of nitrogens with one attached hydrogen (secondary N) is 2. The van der Waals surface area contributed by atoms with Crippen LogP contribution in [-0.2, 0) is 4.79 Å². The Labute approximate surface area is 178 Å². The monoisotopic (exact) mass is 428 g/mol. The third-order valence-corrected chi connectivity index (χ3v) is 5.71. The number of anilines is 1. The Morgan fingerprint density at radius 1 is 1.10 bits per heavy atom. The number of rotatable bonds is 4. The van der Waals surface area contributed by atoms with Crippen molar-refractivity contribution < 1.29 is 14.0 Å². The zero-order valence-electron chi connectivity index (χ0n) is 16.5. The molecule has 1 unspecified atom stereocenters. The van der Waals surface area contributed by atoms with Crippen LogP contribution in [0.4, 0.5) is 10.1 Å². The molecule has 30 heavy (non-hydrogen) atoms. The molecular formula is C22H22ClFN4O2. The highest BCUT2D eigenvalue weighted by Gasteiger charge is 2.28. The van der Waals surface area contributed by atoms with Crippen LogP contribution in [0.1, 0.15) is 17.4 Å². The summed E-state index contributed by atoms with van der Waals surface area (Å²) in [5.74, 6) is -0.922. The molecule has 1 aromatic heterocycles. The minimum absolute atomic E-state index is 0.0498. The molecule has 1 aliphatic rings. The average Bonchev–Trinajstić information content (AvgIpc) is 3.19. The number of piperazine rings is 1. The summed E-state index contributed by atoms with van der Waals surface area (Å²) in [6, 6.07) is 13.3. The summed E-state index contributed by atoms with van der Waals surface area (Å²) in [7, 11) is 0. The highest BCUT2D eigenvalue weighted by atomic mass is 35.5. The van der Waals surface area contributed by atoms with Gasteiger partial charge in [0.1, 0.15) is 11.5 Å². The number of carbonyl (C=O) groups is 2. The lowest BCUT2D eigenvalue weighted by atomic mass is 10.2. The fraction of sp³-hybridized carbons (Fsp3) is 0.273. The molecule has 1 atom stereocenters. The van der Waals surface area contributed by atoms with E-state index in [1.165, 1.54) is 12.1 Å². The van der Waals surface area contributed by atoms with E-state index in [0.717, 1.165) is 17.0 Å². The lowest BCUT2D eigenvalue weighted by Crippen LogP contribution is -2.54. The van der Waals surface area contributed by atoms with Crippen molar-refractivity contribution in [2.75, 3.05) is 31.5 Å². The Hall–Kier alpha value is -2.90. The number of aromatic nitrogens is 1. The predicted molar refractivity (Wildman–Crippen MR) is 115 cm³/mol. The van der Waals surface area contributed by atoms with E-state index in [9.17, 15) is 14.0 Å². The molecule has 0 saturated carbocycles. The Kier molecular flexibility index (Phi) is 5.74. The van der Waals surface area contributed by atoms with Gasteiger partial charge < -0.3 is 15.2 Å². The lowest BCUT2D eigenvalue weighted by Gasteiger charge is -2.37. The number of fused-ring (bicyclic) bond motifs is 1.